The zero-order valence-electron chi connectivity index (χ0n) is 25.8. The van der Waals surface area contributed by atoms with Crippen molar-refractivity contribution in [1.82, 2.24) is 19.2 Å². The number of nitrogens with zero attached hydrogens (tertiary/aromatic N) is 4. The average molecular weight is 581 g/mol. The van der Waals surface area contributed by atoms with Crippen LogP contribution in [0.5, 0.6) is 0 Å². The Labute approximate surface area is 248 Å². The number of pyridine rings is 1. The number of benzene rings is 1. The van der Waals surface area contributed by atoms with Crippen LogP contribution in [0, 0.1) is 18.7 Å². The van der Waals surface area contributed by atoms with E-state index in [1.807, 2.05) is 27.0 Å². The fraction of sp³-hybridized carbons (Fsp3) is 0.576. The largest absolute Gasteiger partial charge is 0.383 e. The van der Waals surface area contributed by atoms with E-state index in [4.69, 9.17) is 14.2 Å². The molecule has 0 bridgehead atoms. The number of aryl methyl sites for hydroxylation is 1. The normalized spacial score (nSPS) is 17.5. The smallest absolute Gasteiger partial charge is 0.254 e. The first kappa shape index (κ1) is 30.6. The molecule has 2 aliphatic heterocycles. The lowest BCUT2D eigenvalue weighted by molar-refractivity contribution is -0.0564. The molecule has 0 aliphatic carbocycles. The number of fused-ring (bicyclic) bond motifs is 1. The number of rotatable bonds is 12. The number of methoxy groups -OCH3 is 1. The molecule has 0 spiro atoms. The van der Waals surface area contributed by atoms with Crippen molar-refractivity contribution in [1.29, 1.82) is 0 Å². The van der Waals surface area contributed by atoms with Gasteiger partial charge in [-0.15, -0.1) is 0 Å². The summed E-state index contributed by atoms with van der Waals surface area (Å²) < 4.78 is 33.4. The number of carbonyl (C=O) groups is 1. The van der Waals surface area contributed by atoms with E-state index in [9.17, 15) is 9.18 Å². The van der Waals surface area contributed by atoms with Gasteiger partial charge >= 0.3 is 0 Å². The highest BCUT2D eigenvalue weighted by molar-refractivity contribution is 6.03. The van der Waals surface area contributed by atoms with Crippen molar-refractivity contribution in [2.75, 3.05) is 46.6 Å². The van der Waals surface area contributed by atoms with Gasteiger partial charge in [0.05, 0.1) is 37.1 Å². The Morgan fingerprint density at radius 1 is 1.14 bits per heavy atom. The predicted molar refractivity (Wildman–Crippen MR) is 161 cm³/mol. The van der Waals surface area contributed by atoms with Gasteiger partial charge in [-0.25, -0.2) is 9.37 Å². The van der Waals surface area contributed by atoms with Gasteiger partial charge in [-0.05, 0) is 68.9 Å². The molecular weight excluding hydrogens is 535 g/mol. The summed E-state index contributed by atoms with van der Waals surface area (Å²) >= 11 is 0. The van der Waals surface area contributed by atoms with Crippen LogP contribution in [-0.2, 0) is 14.2 Å². The van der Waals surface area contributed by atoms with Crippen molar-refractivity contribution in [2.45, 2.75) is 71.8 Å². The maximum atomic E-state index is 14.6. The van der Waals surface area contributed by atoms with Gasteiger partial charge in [0.2, 0.25) is 0 Å². The van der Waals surface area contributed by atoms with Crippen molar-refractivity contribution >= 4 is 11.4 Å². The van der Waals surface area contributed by atoms with Crippen LogP contribution in [0.25, 0.3) is 16.6 Å². The molecule has 2 fully saturated rings. The number of carbonyl (C=O) groups excluding carboxylic acids is 1. The Morgan fingerprint density at radius 2 is 1.88 bits per heavy atom. The van der Waals surface area contributed by atoms with E-state index >= 15 is 0 Å². The minimum Gasteiger partial charge on any atom is -0.383 e. The number of aromatic nitrogens is 2. The van der Waals surface area contributed by atoms with Crippen LogP contribution >= 0.6 is 0 Å². The van der Waals surface area contributed by atoms with Gasteiger partial charge in [-0.3, -0.25) is 9.69 Å². The summed E-state index contributed by atoms with van der Waals surface area (Å²) in [5.74, 6) is 1.11. The average Bonchev–Trinajstić information content (AvgIpc) is 3.59. The predicted octanol–water partition coefficient (Wildman–Crippen LogP) is 5.52. The van der Waals surface area contributed by atoms with Crippen LogP contribution in [0.2, 0.25) is 0 Å². The molecule has 1 amide bonds. The van der Waals surface area contributed by atoms with E-state index in [-0.39, 0.29) is 18.2 Å². The lowest BCUT2D eigenvalue weighted by Crippen LogP contribution is -2.52. The van der Waals surface area contributed by atoms with Gasteiger partial charge < -0.3 is 23.5 Å². The zero-order valence-corrected chi connectivity index (χ0v) is 25.8. The van der Waals surface area contributed by atoms with Crippen LogP contribution in [-0.4, -0.2) is 90.0 Å². The van der Waals surface area contributed by atoms with Gasteiger partial charge in [-0.2, -0.15) is 0 Å². The maximum Gasteiger partial charge on any atom is 0.254 e. The van der Waals surface area contributed by atoms with Crippen molar-refractivity contribution in [3.63, 3.8) is 0 Å². The molecule has 0 saturated carbocycles. The second-order valence-electron chi connectivity index (χ2n) is 12.2. The molecule has 228 valence electrons. The van der Waals surface area contributed by atoms with E-state index in [0.29, 0.717) is 55.4 Å². The van der Waals surface area contributed by atoms with Gasteiger partial charge in [0.1, 0.15) is 11.6 Å². The third-order valence-corrected chi connectivity index (χ3v) is 8.78. The molecule has 2 aromatic heterocycles. The highest BCUT2D eigenvalue weighted by Crippen LogP contribution is 2.37. The summed E-state index contributed by atoms with van der Waals surface area (Å²) in [6.45, 7) is 14.6. The van der Waals surface area contributed by atoms with Crippen molar-refractivity contribution < 1.29 is 23.4 Å². The van der Waals surface area contributed by atoms with Crippen molar-refractivity contribution in [2.24, 2.45) is 5.92 Å². The molecule has 5 rings (SSSR count). The third-order valence-electron chi connectivity index (χ3n) is 8.78. The number of amides is 1. The number of hydrogen-bond donors (Lipinski definition) is 0. The molecule has 2 aliphatic rings. The fourth-order valence-electron chi connectivity index (χ4n) is 6.36. The van der Waals surface area contributed by atoms with Crippen LogP contribution in [0.3, 0.4) is 0 Å². The first-order valence-corrected chi connectivity index (χ1v) is 15.2. The number of hydrogen-bond acceptors (Lipinski definition) is 6. The molecule has 2 saturated heterocycles. The van der Waals surface area contributed by atoms with Gasteiger partial charge in [0.15, 0.2) is 6.29 Å². The quantitative estimate of drug-likeness (QED) is 0.281. The molecule has 1 unspecified atom stereocenters. The SMILES string of the molecule is COCCN(C(=O)c1cc(F)ccc1-c1cc(C2CN(C(CCC3OCCO3)C(C)C)C2)cn2c(C)ncc12)C(C)C. The molecule has 0 N–H and O–H groups in total. The first-order valence-electron chi connectivity index (χ1n) is 15.2. The highest BCUT2D eigenvalue weighted by Gasteiger charge is 2.36. The van der Waals surface area contributed by atoms with E-state index in [1.54, 1.807) is 18.1 Å². The highest BCUT2D eigenvalue weighted by atomic mass is 19.1. The fourth-order valence-corrected chi connectivity index (χ4v) is 6.36. The standard InChI is InChI=1S/C33H45FN4O4/c1-21(2)30(9-10-32-41-13-14-42-32)36-18-25(19-36)24-15-28(31-17-35-23(5)38(31)20-24)27-8-7-26(34)16-29(27)33(39)37(22(3)4)11-12-40-6/h7-8,15-17,20-22,25,30,32H,9-14,18-19H2,1-6H3. The molecule has 1 atom stereocenters. The van der Waals surface area contributed by atoms with Crippen molar-refractivity contribution in [3.05, 3.63) is 59.4 Å². The maximum absolute atomic E-state index is 14.6. The second-order valence-corrected chi connectivity index (χ2v) is 12.2. The molecule has 0 radical (unpaired) electrons. The van der Waals surface area contributed by atoms with Crippen molar-refractivity contribution in [3.8, 4) is 11.1 Å². The summed E-state index contributed by atoms with van der Waals surface area (Å²) in [7, 11) is 1.62. The second kappa shape index (κ2) is 13.2. The van der Waals surface area contributed by atoms with E-state index in [2.05, 4.69) is 40.4 Å². The van der Waals surface area contributed by atoms with Crippen LogP contribution in [0.1, 0.15) is 68.2 Å². The Balaban J connectivity index is 1.45. The molecule has 3 aromatic rings. The molecular formula is C33H45FN4O4. The number of ether oxygens (including phenoxy) is 3. The monoisotopic (exact) mass is 580 g/mol. The summed E-state index contributed by atoms with van der Waals surface area (Å²) in [5, 5.41) is 0. The zero-order chi connectivity index (χ0) is 30.0. The molecule has 9 heteroatoms. The summed E-state index contributed by atoms with van der Waals surface area (Å²) in [6.07, 6.45) is 5.89. The number of likely N-dealkylation sites (tertiary alicyclic amines) is 1. The molecule has 4 heterocycles. The Hall–Kier alpha value is -2.85. The molecule has 42 heavy (non-hydrogen) atoms. The van der Waals surface area contributed by atoms with E-state index < -0.39 is 5.82 Å². The minimum atomic E-state index is -0.433. The Bertz CT molecular complexity index is 1380. The van der Waals surface area contributed by atoms with Gasteiger partial charge in [-0.1, -0.05) is 19.9 Å². The third kappa shape index (κ3) is 6.39. The van der Waals surface area contributed by atoms with Gasteiger partial charge in [0, 0.05) is 56.5 Å². The number of imidazole rings is 1. The Kier molecular flexibility index (Phi) is 9.62. The summed E-state index contributed by atoms with van der Waals surface area (Å²) in [6, 6.07) is 7.11. The first-order chi connectivity index (χ1) is 20.2. The van der Waals surface area contributed by atoms with Gasteiger partial charge in [0.25, 0.3) is 5.91 Å². The van der Waals surface area contributed by atoms with Crippen LogP contribution in [0.15, 0.2) is 36.7 Å². The lowest BCUT2D eigenvalue weighted by Gasteiger charge is -2.46. The summed E-state index contributed by atoms with van der Waals surface area (Å²) in [4.78, 5) is 22.8. The van der Waals surface area contributed by atoms with E-state index in [0.717, 1.165) is 42.8 Å². The molecule has 1 aromatic carbocycles. The Morgan fingerprint density at radius 3 is 2.55 bits per heavy atom. The van der Waals surface area contributed by atoms with Crippen LogP contribution < -0.4 is 0 Å². The summed E-state index contributed by atoms with van der Waals surface area (Å²) in [5.41, 5.74) is 4.05. The van der Waals surface area contributed by atoms with E-state index in [1.165, 1.54) is 17.7 Å². The van der Waals surface area contributed by atoms with Crippen LogP contribution in [0.4, 0.5) is 4.39 Å². The lowest BCUT2D eigenvalue weighted by atomic mass is 9.85. The topological polar surface area (TPSA) is 68.5 Å². The molecule has 8 nitrogen and oxygen atoms in total. The number of halogens is 1. The minimum absolute atomic E-state index is 0.0611.